The number of ether oxygens (including phenoxy) is 1. The molecule has 0 radical (unpaired) electrons. The summed E-state index contributed by atoms with van der Waals surface area (Å²) in [4.78, 5) is 15.6. The van der Waals surface area contributed by atoms with E-state index in [0.717, 1.165) is 10.2 Å². The molecule has 94 valence electrons. The number of nitrogens with one attached hydrogen (secondary N) is 2. The molecule has 1 unspecified atom stereocenters. The summed E-state index contributed by atoms with van der Waals surface area (Å²) in [5.74, 6) is -0.0641. The van der Waals surface area contributed by atoms with Gasteiger partial charge < -0.3 is 15.4 Å². The van der Waals surface area contributed by atoms with Gasteiger partial charge in [0.05, 0.1) is 16.8 Å². The average molecular weight is 302 g/mol. The maximum atomic E-state index is 11.7. The highest BCUT2D eigenvalue weighted by atomic mass is 79.9. The lowest BCUT2D eigenvalue weighted by Crippen LogP contribution is -2.39. The lowest BCUT2D eigenvalue weighted by atomic mass is 10.3. The van der Waals surface area contributed by atoms with Gasteiger partial charge in [-0.15, -0.1) is 0 Å². The molecular weight excluding hydrogens is 286 g/mol. The first-order valence-corrected chi connectivity index (χ1v) is 6.07. The van der Waals surface area contributed by atoms with Crippen molar-refractivity contribution >= 4 is 27.5 Å². The van der Waals surface area contributed by atoms with Crippen molar-refractivity contribution in [2.75, 3.05) is 25.6 Å². The quantitative estimate of drug-likeness (QED) is 0.780. The van der Waals surface area contributed by atoms with Gasteiger partial charge in [0, 0.05) is 26.0 Å². The van der Waals surface area contributed by atoms with Gasteiger partial charge in [0.25, 0.3) is 0 Å². The number of carbonyl (C=O) groups is 1. The van der Waals surface area contributed by atoms with Crippen molar-refractivity contribution in [3.63, 3.8) is 0 Å². The van der Waals surface area contributed by atoms with E-state index in [-0.39, 0.29) is 11.9 Å². The van der Waals surface area contributed by atoms with Gasteiger partial charge in [0.2, 0.25) is 5.91 Å². The standard InChI is InChI=1S/C11H16BrN3O2/c1-8(11(16)14-5-6-17-2)15-10-3-4-13-7-9(10)12/h3-4,7-8H,5-6H2,1-2H3,(H,13,15)(H,14,16). The first-order valence-electron chi connectivity index (χ1n) is 5.28. The van der Waals surface area contributed by atoms with Crippen LogP contribution in [0.3, 0.4) is 0 Å². The van der Waals surface area contributed by atoms with E-state index >= 15 is 0 Å². The van der Waals surface area contributed by atoms with E-state index in [1.54, 1.807) is 26.4 Å². The predicted octanol–water partition coefficient (Wildman–Crippen LogP) is 1.41. The molecule has 2 N–H and O–H groups in total. The Morgan fingerprint density at radius 2 is 2.41 bits per heavy atom. The van der Waals surface area contributed by atoms with Crippen LogP contribution < -0.4 is 10.6 Å². The zero-order valence-corrected chi connectivity index (χ0v) is 11.5. The molecule has 6 heteroatoms. The maximum Gasteiger partial charge on any atom is 0.242 e. The van der Waals surface area contributed by atoms with E-state index < -0.39 is 0 Å². The number of halogens is 1. The van der Waals surface area contributed by atoms with E-state index in [9.17, 15) is 4.79 Å². The monoisotopic (exact) mass is 301 g/mol. The summed E-state index contributed by atoms with van der Waals surface area (Å²) < 4.78 is 5.69. The average Bonchev–Trinajstić information content (AvgIpc) is 2.32. The second-order valence-corrected chi connectivity index (χ2v) is 4.36. The topological polar surface area (TPSA) is 63.2 Å². The Kier molecular flexibility index (Phi) is 5.93. The summed E-state index contributed by atoms with van der Waals surface area (Å²) in [7, 11) is 1.60. The Labute approximate surface area is 109 Å². The van der Waals surface area contributed by atoms with Gasteiger partial charge >= 0.3 is 0 Å². The van der Waals surface area contributed by atoms with Crippen LogP contribution >= 0.6 is 15.9 Å². The Morgan fingerprint density at radius 1 is 1.65 bits per heavy atom. The largest absolute Gasteiger partial charge is 0.383 e. The molecule has 1 rings (SSSR count). The third kappa shape index (κ3) is 4.70. The molecule has 1 aromatic heterocycles. The lowest BCUT2D eigenvalue weighted by Gasteiger charge is -2.15. The number of aromatic nitrogens is 1. The van der Waals surface area contributed by atoms with Crippen LogP contribution in [0.25, 0.3) is 0 Å². The molecule has 17 heavy (non-hydrogen) atoms. The minimum Gasteiger partial charge on any atom is -0.383 e. The van der Waals surface area contributed by atoms with Crippen LogP contribution in [0.4, 0.5) is 5.69 Å². The fourth-order valence-electron chi connectivity index (χ4n) is 1.22. The summed E-state index contributed by atoms with van der Waals surface area (Å²) in [6.07, 6.45) is 3.35. The number of methoxy groups -OCH3 is 1. The van der Waals surface area contributed by atoms with Gasteiger partial charge in [0.15, 0.2) is 0 Å². The Morgan fingerprint density at radius 3 is 3.06 bits per heavy atom. The van der Waals surface area contributed by atoms with Crippen molar-refractivity contribution in [1.29, 1.82) is 0 Å². The fraction of sp³-hybridized carbons (Fsp3) is 0.455. The highest BCUT2D eigenvalue weighted by Crippen LogP contribution is 2.20. The smallest absolute Gasteiger partial charge is 0.242 e. The molecular formula is C11H16BrN3O2. The van der Waals surface area contributed by atoms with Crippen LogP contribution in [-0.4, -0.2) is 37.2 Å². The van der Waals surface area contributed by atoms with Gasteiger partial charge in [-0.05, 0) is 28.9 Å². The zero-order chi connectivity index (χ0) is 12.7. The molecule has 0 aliphatic carbocycles. The molecule has 1 heterocycles. The molecule has 0 aliphatic heterocycles. The van der Waals surface area contributed by atoms with Crippen molar-refractivity contribution in [2.24, 2.45) is 0 Å². The minimum atomic E-state index is -0.314. The van der Waals surface area contributed by atoms with E-state index in [1.807, 2.05) is 6.07 Å². The molecule has 1 amide bonds. The van der Waals surface area contributed by atoms with Crippen molar-refractivity contribution < 1.29 is 9.53 Å². The number of anilines is 1. The zero-order valence-electron chi connectivity index (χ0n) is 9.87. The highest BCUT2D eigenvalue weighted by Gasteiger charge is 2.12. The van der Waals surface area contributed by atoms with Gasteiger partial charge in [-0.2, -0.15) is 0 Å². The molecule has 5 nitrogen and oxygen atoms in total. The molecule has 0 aromatic carbocycles. The van der Waals surface area contributed by atoms with E-state index in [1.165, 1.54) is 0 Å². The molecule has 0 bridgehead atoms. The normalized spacial score (nSPS) is 11.9. The Bertz CT molecular complexity index is 373. The van der Waals surface area contributed by atoms with Crippen molar-refractivity contribution in [3.8, 4) is 0 Å². The van der Waals surface area contributed by atoms with Crippen LogP contribution in [0.15, 0.2) is 22.9 Å². The van der Waals surface area contributed by atoms with Crippen LogP contribution in [0.1, 0.15) is 6.92 Å². The highest BCUT2D eigenvalue weighted by molar-refractivity contribution is 9.10. The van der Waals surface area contributed by atoms with Crippen LogP contribution in [0.2, 0.25) is 0 Å². The summed E-state index contributed by atoms with van der Waals surface area (Å²) in [5.41, 5.74) is 0.842. The number of hydrogen-bond acceptors (Lipinski definition) is 4. The first-order chi connectivity index (χ1) is 8.15. The van der Waals surface area contributed by atoms with Crippen LogP contribution in [0, 0.1) is 0 Å². The fourth-order valence-corrected chi connectivity index (χ4v) is 1.59. The van der Waals surface area contributed by atoms with Crippen LogP contribution in [-0.2, 0) is 9.53 Å². The Hall–Kier alpha value is -1.14. The number of pyridine rings is 1. The molecule has 0 fully saturated rings. The second-order valence-electron chi connectivity index (χ2n) is 3.51. The minimum absolute atomic E-state index is 0.0641. The maximum absolute atomic E-state index is 11.7. The second kappa shape index (κ2) is 7.24. The molecule has 0 saturated heterocycles. The Balaban J connectivity index is 2.46. The van der Waals surface area contributed by atoms with E-state index in [2.05, 4.69) is 31.5 Å². The summed E-state index contributed by atoms with van der Waals surface area (Å²) >= 11 is 3.36. The molecule has 0 saturated carbocycles. The lowest BCUT2D eigenvalue weighted by molar-refractivity contribution is -0.121. The van der Waals surface area contributed by atoms with E-state index in [4.69, 9.17) is 4.74 Å². The number of amides is 1. The number of hydrogen-bond donors (Lipinski definition) is 2. The SMILES string of the molecule is COCCNC(=O)C(C)Nc1ccncc1Br. The van der Waals surface area contributed by atoms with Gasteiger partial charge in [-0.25, -0.2) is 0 Å². The number of nitrogens with zero attached hydrogens (tertiary/aromatic N) is 1. The van der Waals surface area contributed by atoms with Crippen molar-refractivity contribution in [3.05, 3.63) is 22.9 Å². The van der Waals surface area contributed by atoms with Crippen molar-refractivity contribution in [1.82, 2.24) is 10.3 Å². The molecule has 0 aliphatic rings. The summed E-state index contributed by atoms with van der Waals surface area (Å²) in [5, 5.41) is 5.86. The van der Waals surface area contributed by atoms with Gasteiger partial charge in [-0.1, -0.05) is 0 Å². The van der Waals surface area contributed by atoms with Gasteiger partial charge in [-0.3, -0.25) is 9.78 Å². The third-order valence-corrected chi connectivity index (χ3v) is 2.78. The summed E-state index contributed by atoms with van der Waals surface area (Å²) in [6, 6.07) is 1.49. The molecule has 0 spiro atoms. The predicted molar refractivity (Wildman–Crippen MR) is 69.9 cm³/mol. The summed E-state index contributed by atoms with van der Waals surface area (Å²) in [6.45, 7) is 2.82. The van der Waals surface area contributed by atoms with E-state index in [0.29, 0.717) is 13.2 Å². The molecule has 1 aromatic rings. The van der Waals surface area contributed by atoms with Gasteiger partial charge in [0.1, 0.15) is 6.04 Å². The first kappa shape index (κ1) is 13.9. The number of carbonyl (C=O) groups excluding carboxylic acids is 1. The van der Waals surface area contributed by atoms with Crippen LogP contribution in [0.5, 0.6) is 0 Å². The number of rotatable bonds is 6. The molecule has 1 atom stereocenters. The third-order valence-electron chi connectivity index (χ3n) is 2.14. The van der Waals surface area contributed by atoms with Crippen molar-refractivity contribution in [2.45, 2.75) is 13.0 Å².